The number of pyridine rings is 1. The average molecular weight is 506 g/mol. The fourth-order valence-corrected chi connectivity index (χ4v) is 5.89. The molecular weight excluding hydrogens is 470 g/mol. The number of rotatable bonds is 6. The second kappa shape index (κ2) is 11.3. The highest BCUT2D eigenvalue weighted by Crippen LogP contribution is 2.31. The van der Waals surface area contributed by atoms with Gasteiger partial charge < -0.3 is 19.4 Å². The fourth-order valence-electron chi connectivity index (χ4n) is 5.89. The van der Waals surface area contributed by atoms with Crippen LogP contribution < -0.4 is 15.4 Å². The lowest BCUT2D eigenvalue weighted by atomic mass is 9.86. The molecule has 2 aliphatic heterocycles. The van der Waals surface area contributed by atoms with Crippen LogP contribution in [0, 0.1) is 24.2 Å². The summed E-state index contributed by atoms with van der Waals surface area (Å²) in [5, 5.41) is 15.5. The van der Waals surface area contributed by atoms with E-state index in [1.54, 1.807) is 18.5 Å². The predicted molar refractivity (Wildman–Crippen MR) is 139 cm³/mol. The van der Waals surface area contributed by atoms with Crippen molar-refractivity contribution in [2.24, 2.45) is 5.92 Å². The number of nitrogens with one attached hydrogen (secondary N) is 1. The molecule has 3 atom stereocenters. The summed E-state index contributed by atoms with van der Waals surface area (Å²) in [6, 6.07) is 5.98. The summed E-state index contributed by atoms with van der Waals surface area (Å²) in [6.45, 7) is 6.19. The lowest BCUT2D eigenvalue weighted by Crippen LogP contribution is -2.51. The third-order valence-corrected chi connectivity index (χ3v) is 8.06. The molecule has 0 unspecified atom stereocenters. The second-order valence-corrected chi connectivity index (χ2v) is 10.3. The number of aromatic nitrogens is 3. The largest absolute Gasteiger partial charge is 0.376 e. The molecule has 1 N–H and O–H groups in total. The first-order chi connectivity index (χ1) is 18.0. The summed E-state index contributed by atoms with van der Waals surface area (Å²) in [7, 11) is 0. The van der Waals surface area contributed by atoms with Gasteiger partial charge >= 0.3 is 0 Å². The molecule has 10 nitrogen and oxygen atoms in total. The average Bonchev–Trinajstić information content (AvgIpc) is 3.42. The van der Waals surface area contributed by atoms with Gasteiger partial charge in [-0.2, -0.15) is 10.4 Å². The first-order valence-electron chi connectivity index (χ1n) is 13.4. The topological polar surface area (TPSA) is 118 Å². The standard InChI is InChI=1S/C27H35N7O3/c1-19-24(17-30-31-26(19)35)34-9-3-5-22(34)18-37-23-6-2-4-21(14-23)27(36)33-12-10-32(11-13-33)25-8-7-20(15-28)16-29-25/h7-8,16-17,21-23H,2-6,9-14,18H2,1H3,(H,31,35)/t21-,22-,23+/m0/s1. The lowest BCUT2D eigenvalue weighted by molar-refractivity contribution is -0.139. The fraction of sp³-hybridized carbons (Fsp3) is 0.593. The van der Waals surface area contributed by atoms with Gasteiger partial charge in [-0.05, 0) is 51.2 Å². The van der Waals surface area contributed by atoms with Crippen molar-refractivity contribution in [3.05, 3.63) is 46.0 Å². The number of nitrogens with zero attached hydrogens (tertiary/aromatic N) is 6. The van der Waals surface area contributed by atoms with Gasteiger partial charge in [0.15, 0.2) is 0 Å². The third-order valence-electron chi connectivity index (χ3n) is 8.06. The van der Waals surface area contributed by atoms with E-state index in [0.29, 0.717) is 30.8 Å². The molecular formula is C27H35N7O3. The molecule has 37 heavy (non-hydrogen) atoms. The van der Waals surface area contributed by atoms with Crippen LogP contribution in [0.1, 0.15) is 49.7 Å². The molecule has 0 aromatic carbocycles. The number of ether oxygens (including phenoxy) is 1. The summed E-state index contributed by atoms with van der Waals surface area (Å²) in [5.74, 6) is 1.11. The predicted octanol–water partition coefficient (Wildman–Crippen LogP) is 2.24. The Morgan fingerprint density at radius 1 is 1.14 bits per heavy atom. The monoisotopic (exact) mass is 505 g/mol. The van der Waals surface area contributed by atoms with E-state index >= 15 is 0 Å². The Bertz CT molecular complexity index is 1180. The summed E-state index contributed by atoms with van der Waals surface area (Å²) >= 11 is 0. The van der Waals surface area contributed by atoms with Crippen molar-refractivity contribution in [2.45, 2.75) is 57.6 Å². The molecule has 0 spiro atoms. The Hall–Kier alpha value is -3.45. The number of carbonyl (C=O) groups is 1. The summed E-state index contributed by atoms with van der Waals surface area (Å²) < 4.78 is 6.39. The van der Waals surface area contributed by atoms with Crippen LogP contribution in [-0.2, 0) is 9.53 Å². The Morgan fingerprint density at radius 2 is 1.97 bits per heavy atom. The molecule has 0 bridgehead atoms. The quantitative estimate of drug-likeness (QED) is 0.635. The van der Waals surface area contributed by atoms with E-state index in [1.165, 1.54) is 0 Å². The van der Waals surface area contributed by atoms with Crippen molar-refractivity contribution in [2.75, 3.05) is 49.1 Å². The van der Waals surface area contributed by atoms with Gasteiger partial charge in [0.05, 0.1) is 36.2 Å². The summed E-state index contributed by atoms with van der Waals surface area (Å²) in [6.07, 6.45) is 9.20. The van der Waals surface area contributed by atoms with Crippen LogP contribution in [0.3, 0.4) is 0 Å². The van der Waals surface area contributed by atoms with Crippen molar-refractivity contribution < 1.29 is 9.53 Å². The zero-order valence-corrected chi connectivity index (χ0v) is 21.4. The van der Waals surface area contributed by atoms with Crippen molar-refractivity contribution in [3.63, 3.8) is 0 Å². The minimum Gasteiger partial charge on any atom is -0.376 e. The van der Waals surface area contributed by atoms with Crippen LogP contribution in [0.4, 0.5) is 11.5 Å². The maximum absolute atomic E-state index is 13.3. The van der Waals surface area contributed by atoms with Crippen LogP contribution in [0.5, 0.6) is 0 Å². The van der Waals surface area contributed by atoms with Crippen molar-refractivity contribution in [1.82, 2.24) is 20.1 Å². The normalized spacial score (nSPS) is 24.2. The first kappa shape index (κ1) is 25.2. The molecule has 4 heterocycles. The minimum absolute atomic E-state index is 0.0112. The van der Waals surface area contributed by atoms with Gasteiger partial charge in [-0.15, -0.1) is 0 Å². The van der Waals surface area contributed by atoms with E-state index in [-0.39, 0.29) is 29.5 Å². The van der Waals surface area contributed by atoms with Crippen LogP contribution in [-0.4, -0.2) is 77.5 Å². The van der Waals surface area contributed by atoms with E-state index in [9.17, 15) is 9.59 Å². The molecule has 3 fully saturated rings. The maximum atomic E-state index is 13.3. The number of hydrogen-bond donors (Lipinski definition) is 1. The number of piperazine rings is 1. The number of hydrogen-bond acceptors (Lipinski definition) is 8. The first-order valence-corrected chi connectivity index (χ1v) is 13.4. The Labute approximate surface area is 217 Å². The summed E-state index contributed by atoms with van der Waals surface area (Å²) in [5.41, 5.74) is 1.99. The highest BCUT2D eigenvalue weighted by Gasteiger charge is 2.34. The second-order valence-electron chi connectivity index (χ2n) is 10.3. The molecule has 0 radical (unpaired) electrons. The Kier molecular flexibility index (Phi) is 7.70. The molecule has 196 valence electrons. The van der Waals surface area contributed by atoms with Crippen LogP contribution in [0.15, 0.2) is 29.3 Å². The zero-order valence-electron chi connectivity index (χ0n) is 21.4. The van der Waals surface area contributed by atoms with E-state index in [1.807, 2.05) is 17.9 Å². The van der Waals surface area contributed by atoms with E-state index in [4.69, 9.17) is 10.00 Å². The van der Waals surface area contributed by atoms with Gasteiger partial charge in [-0.25, -0.2) is 10.1 Å². The number of carbonyl (C=O) groups excluding carboxylic acids is 1. The van der Waals surface area contributed by atoms with Gasteiger partial charge in [0.25, 0.3) is 5.56 Å². The Balaban J connectivity index is 1.12. The lowest BCUT2D eigenvalue weighted by Gasteiger charge is -2.38. The highest BCUT2D eigenvalue weighted by molar-refractivity contribution is 5.79. The Morgan fingerprint density at radius 3 is 2.73 bits per heavy atom. The van der Waals surface area contributed by atoms with Gasteiger partial charge in [0.2, 0.25) is 5.91 Å². The minimum atomic E-state index is -0.147. The van der Waals surface area contributed by atoms with Gasteiger partial charge in [-0.3, -0.25) is 9.59 Å². The third kappa shape index (κ3) is 5.62. The van der Waals surface area contributed by atoms with Crippen LogP contribution in [0.2, 0.25) is 0 Å². The molecule has 1 aliphatic carbocycles. The van der Waals surface area contributed by atoms with E-state index in [2.05, 4.69) is 31.1 Å². The number of H-pyrrole nitrogens is 1. The van der Waals surface area contributed by atoms with Crippen molar-refractivity contribution in [3.8, 4) is 6.07 Å². The van der Waals surface area contributed by atoms with Crippen LogP contribution in [0.25, 0.3) is 0 Å². The number of anilines is 2. The molecule has 5 rings (SSSR count). The van der Waals surface area contributed by atoms with Gasteiger partial charge in [0.1, 0.15) is 11.9 Å². The molecule has 3 aliphatic rings. The number of amides is 1. The number of aromatic amines is 1. The number of nitriles is 1. The van der Waals surface area contributed by atoms with Crippen molar-refractivity contribution in [1.29, 1.82) is 5.26 Å². The summed E-state index contributed by atoms with van der Waals surface area (Å²) in [4.78, 5) is 36.2. The molecule has 2 aromatic heterocycles. The van der Waals surface area contributed by atoms with E-state index in [0.717, 1.165) is 69.7 Å². The van der Waals surface area contributed by atoms with Crippen LogP contribution >= 0.6 is 0 Å². The van der Waals surface area contributed by atoms with E-state index < -0.39 is 0 Å². The van der Waals surface area contributed by atoms with Gasteiger partial charge in [0, 0.05) is 50.4 Å². The molecule has 1 amide bonds. The highest BCUT2D eigenvalue weighted by atomic mass is 16.5. The van der Waals surface area contributed by atoms with Crippen molar-refractivity contribution >= 4 is 17.4 Å². The smallest absolute Gasteiger partial charge is 0.269 e. The zero-order chi connectivity index (χ0) is 25.8. The molecule has 1 saturated carbocycles. The molecule has 2 aromatic rings. The SMILES string of the molecule is Cc1c(N2CCC[C@H]2CO[C@@H]2CCC[C@H](C(=O)N3CCN(c4ccc(C#N)cn4)CC3)C2)cn[nH]c1=O. The maximum Gasteiger partial charge on any atom is 0.269 e. The van der Waals surface area contributed by atoms with Gasteiger partial charge in [-0.1, -0.05) is 6.42 Å². The molecule has 10 heteroatoms. The molecule has 2 saturated heterocycles.